The molecule has 1 N–H and O–H groups in total. The van der Waals surface area contributed by atoms with Crippen LogP contribution in [0.2, 0.25) is 0 Å². The van der Waals surface area contributed by atoms with Crippen LogP contribution in [0.15, 0.2) is 78.9 Å². The molecule has 0 aliphatic carbocycles. The Hall–Kier alpha value is -3.72. The highest BCUT2D eigenvalue weighted by atomic mass is 32.2. The van der Waals surface area contributed by atoms with E-state index in [2.05, 4.69) is 5.32 Å². The first-order chi connectivity index (χ1) is 18.6. The van der Waals surface area contributed by atoms with Crippen LogP contribution in [0.1, 0.15) is 36.5 Å². The molecule has 3 rings (SSSR count). The molecule has 0 saturated heterocycles. The number of anilines is 1. The highest BCUT2D eigenvalue weighted by Crippen LogP contribution is 2.23. The standard InChI is InChI=1S/C30H36FN3O4S/c1-4-5-18-32-30(36)28(20-24-13-7-6-8-14-24)33(21-25-15-11-12-23(2)19-25)29(35)22-34(39(3,37)38)27-17-10-9-16-26(27)31/h6-17,19,28H,4-5,18,20-22H2,1-3H3,(H,32,36)/t28-/m0/s1. The van der Waals surface area contributed by atoms with Crippen LogP contribution in [0.4, 0.5) is 10.1 Å². The number of hydrogen-bond acceptors (Lipinski definition) is 4. The lowest BCUT2D eigenvalue weighted by molar-refractivity contribution is -0.140. The fourth-order valence-electron chi connectivity index (χ4n) is 4.32. The van der Waals surface area contributed by atoms with Crippen molar-refractivity contribution in [1.82, 2.24) is 10.2 Å². The van der Waals surface area contributed by atoms with Crippen LogP contribution >= 0.6 is 0 Å². The maximum absolute atomic E-state index is 14.7. The lowest BCUT2D eigenvalue weighted by atomic mass is 10.0. The minimum Gasteiger partial charge on any atom is -0.354 e. The maximum Gasteiger partial charge on any atom is 0.244 e. The van der Waals surface area contributed by atoms with Crippen molar-refractivity contribution in [3.8, 4) is 0 Å². The van der Waals surface area contributed by atoms with Gasteiger partial charge in [-0.15, -0.1) is 0 Å². The number of nitrogens with one attached hydrogen (secondary N) is 1. The van der Waals surface area contributed by atoms with E-state index in [1.807, 2.05) is 68.4 Å². The molecule has 0 saturated carbocycles. The molecule has 0 aliphatic rings. The number of benzene rings is 3. The van der Waals surface area contributed by atoms with Crippen LogP contribution in [-0.2, 0) is 32.6 Å². The van der Waals surface area contributed by atoms with E-state index in [4.69, 9.17) is 0 Å². The Balaban J connectivity index is 2.04. The summed E-state index contributed by atoms with van der Waals surface area (Å²) >= 11 is 0. The molecule has 0 aliphatic heterocycles. The molecule has 39 heavy (non-hydrogen) atoms. The van der Waals surface area contributed by atoms with Gasteiger partial charge < -0.3 is 10.2 Å². The molecule has 2 amide bonds. The highest BCUT2D eigenvalue weighted by Gasteiger charge is 2.33. The number of nitrogens with zero attached hydrogens (tertiary/aromatic N) is 2. The first-order valence-electron chi connectivity index (χ1n) is 13.0. The zero-order chi connectivity index (χ0) is 28.4. The zero-order valence-corrected chi connectivity index (χ0v) is 23.5. The summed E-state index contributed by atoms with van der Waals surface area (Å²) in [6.07, 6.45) is 2.83. The number of aryl methyl sites for hydroxylation is 1. The van der Waals surface area contributed by atoms with Crippen molar-refractivity contribution in [3.63, 3.8) is 0 Å². The summed E-state index contributed by atoms with van der Waals surface area (Å²) < 4.78 is 40.9. The largest absolute Gasteiger partial charge is 0.354 e. The number of unbranched alkanes of at least 4 members (excludes halogenated alkanes) is 1. The van der Waals surface area contributed by atoms with Gasteiger partial charge in [-0.05, 0) is 36.6 Å². The van der Waals surface area contributed by atoms with E-state index in [1.165, 1.54) is 23.1 Å². The van der Waals surface area contributed by atoms with Crippen LogP contribution in [0.25, 0.3) is 0 Å². The molecule has 3 aromatic rings. The molecule has 7 nitrogen and oxygen atoms in total. The number of carbonyl (C=O) groups excluding carboxylic acids is 2. The molecule has 0 aromatic heterocycles. The second kappa shape index (κ2) is 13.9. The zero-order valence-electron chi connectivity index (χ0n) is 22.6. The van der Waals surface area contributed by atoms with Gasteiger partial charge in [0.15, 0.2) is 0 Å². The molecule has 0 fully saturated rings. The van der Waals surface area contributed by atoms with Crippen molar-refractivity contribution in [3.05, 3.63) is 101 Å². The van der Waals surface area contributed by atoms with Gasteiger partial charge in [-0.2, -0.15) is 0 Å². The summed E-state index contributed by atoms with van der Waals surface area (Å²) in [7, 11) is -4.03. The van der Waals surface area contributed by atoms with Crippen molar-refractivity contribution >= 4 is 27.5 Å². The third kappa shape index (κ3) is 8.64. The number of halogens is 1. The summed E-state index contributed by atoms with van der Waals surface area (Å²) in [4.78, 5) is 28.9. The summed E-state index contributed by atoms with van der Waals surface area (Å²) in [5.74, 6) is -1.71. The Morgan fingerprint density at radius 3 is 2.26 bits per heavy atom. The van der Waals surface area contributed by atoms with Crippen LogP contribution in [0.5, 0.6) is 0 Å². The van der Waals surface area contributed by atoms with Crippen LogP contribution < -0.4 is 9.62 Å². The summed E-state index contributed by atoms with van der Waals surface area (Å²) in [6, 6.07) is 21.4. The molecule has 0 heterocycles. The lowest BCUT2D eigenvalue weighted by Gasteiger charge is -2.33. The Kier molecular flexibility index (Phi) is 10.6. The molecular formula is C30H36FN3O4S. The van der Waals surface area contributed by atoms with Gasteiger partial charge in [0.25, 0.3) is 0 Å². The van der Waals surface area contributed by atoms with E-state index >= 15 is 0 Å². The molecule has 208 valence electrons. The number of hydrogen-bond donors (Lipinski definition) is 1. The Morgan fingerprint density at radius 1 is 0.949 bits per heavy atom. The number of sulfonamides is 1. The molecule has 0 spiro atoms. The SMILES string of the molecule is CCCCNC(=O)[C@H](Cc1ccccc1)N(Cc1cccc(C)c1)C(=O)CN(c1ccccc1F)S(C)(=O)=O. The number of carbonyl (C=O) groups is 2. The summed E-state index contributed by atoms with van der Waals surface area (Å²) in [5.41, 5.74) is 2.40. The van der Waals surface area contributed by atoms with Gasteiger partial charge in [-0.3, -0.25) is 13.9 Å². The minimum absolute atomic E-state index is 0.0775. The van der Waals surface area contributed by atoms with Gasteiger partial charge in [0, 0.05) is 19.5 Å². The maximum atomic E-state index is 14.7. The van der Waals surface area contributed by atoms with E-state index in [1.54, 1.807) is 0 Å². The van der Waals surface area contributed by atoms with Gasteiger partial charge in [-0.25, -0.2) is 12.8 Å². The first-order valence-corrected chi connectivity index (χ1v) is 14.8. The molecule has 3 aromatic carbocycles. The van der Waals surface area contributed by atoms with E-state index in [0.717, 1.165) is 46.2 Å². The van der Waals surface area contributed by atoms with Crippen molar-refractivity contribution in [1.29, 1.82) is 0 Å². The molecule has 0 radical (unpaired) electrons. The summed E-state index contributed by atoms with van der Waals surface area (Å²) in [6.45, 7) is 3.83. The molecular weight excluding hydrogens is 517 g/mol. The first kappa shape index (κ1) is 29.8. The smallest absolute Gasteiger partial charge is 0.244 e. The molecule has 1 atom stereocenters. The van der Waals surface area contributed by atoms with Crippen LogP contribution in [0, 0.1) is 12.7 Å². The Labute approximate surface area is 230 Å². The van der Waals surface area contributed by atoms with Crippen molar-refractivity contribution < 1.29 is 22.4 Å². The molecule has 0 unspecified atom stereocenters. The predicted molar refractivity (Wildman–Crippen MR) is 152 cm³/mol. The predicted octanol–water partition coefficient (Wildman–Crippen LogP) is 4.46. The van der Waals surface area contributed by atoms with E-state index < -0.39 is 34.3 Å². The summed E-state index contributed by atoms with van der Waals surface area (Å²) in [5, 5.41) is 2.94. The monoisotopic (exact) mass is 553 g/mol. The average Bonchev–Trinajstić information content (AvgIpc) is 2.90. The van der Waals surface area contributed by atoms with E-state index in [0.29, 0.717) is 6.54 Å². The third-order valence-electron chi connectivity index (χ3n) is 6.34. The van der Waals surface area contributed by atoms with Gasteiger partial charge in [0.05, 0.1) is 11.9 Å². The Bertz CT molecular complexity index is 1370. The van der Waals surface area contributed by atoms with Gasteiger partial charge >= 0.3 is 0 Å². The minimum atomic E-state index is -4.03. The van der Waals surface area contributed by atoms with Gasteiger partial charge in [0.1, 0.15) is 18.4 Å². The van der Waals surface area contributed by atoms with Crippen molar-refractivity contribution in [2.45, 2.75) is 45.7 Å². The fourth-order valence-corrected chi connectivity index (χ4v) is 5.17. The third-order valence-corrected chi connectivity index (χ3v) is 7.46. The van der Waals surface area contributed by atoms with Gasteiger partial charge in [0.2, 0.25) is 21.8 Å². The Morgan fingerprint density at radius 2 is 1.62 bits per heavy atom. The highest BCUT2D eigenvalue weighted by molar-refractivity contribution is 7.92. The van der Waals surface area contributed by atoms with Crippen LogP contribution in [0.3, 0.4) is 0 Å². The van der Waals surface area contributed by atoms with E-state index in [-0.39, 0.29) is 24.6 Å². The van der Waals surface area contributed by atoms with Gasteiger partial charge in [-0.1, -0.05) is 85.6 Å². The quantitative estimate of drug-likeness (QED) is 0.317. The average molecular weight is 554 g/mol. The molecule has 0 bridgehead atoms. The number of amides is 2. The number of rotatable bonds is 13. The lowest BCUT2D eigenvalue weighted by Crippen LogP contribution is -2.53. The normalized spacial score (nSPS) is 12.0. The van der Waals surface area contributed by atoms with E-state index in [9.17, 15) is 22.4 Å². The topological polar surface area (TPSA) is 86.8 Å². The van der Waals surface area contributed by atoms with Crippen LogP contribution in [-0.4, -0.2) is 50.5 Å². The van der Waals surface area contributed by atoms with Crippen molar-refractivity contribution in [2.24, 2.45) is 0 Å². The molecule has 9 heteroatoms. The fraction of sp³-hybridized carbons (Fsp3) is 0.333. The second-order valence-corrected chi connectivity index (χ2v) is 11.5. The number of para-hydroxylation sites is 1. The second-order valence-electron chi connectivity index (χ2n) is 9.58. The van der Waals surface area contributed by atoms with Crippen molar-refractivity contribution in [2.75, 3.05) is 23.7 Å².